The van der Waals surface area contributed by atoms with E-state index in [1.165, 1.54) is 37.7 Å². The van der Waals surface area contributed by atoms with E-state index in [0.29, 0.717) is 6.04 Å². The van der Waals surface area contributed by atoms with Gasteiger partial charge in [0.25, 0.3) is 0 Å². The van der Waals surface area contributed by atoms with Crippen LogP contribution in [0.3, 0.4) is 0 Å². The highest BCUT2D eigenvalue weighted by atomic mass is 79.9. The van der Waals surface area contributed by atoms with E-state index in [1.807, 2.05) is 12.1 Å². The van der Waals surface area contributed by atoms with Crippen molar-refractivity contribution in [1.82, 2.24) is 5.32 Å². The van der Waals surface area contributed by atoms with Crippen molar-refractivity contribution in [2.24, 2.45) is 0 Å². The van der Waals surface area contributed by atoms with Crippen molar-refractivity contribution in [2.75, 3.05) is 0 Å². The quantitative estimate of drug-likeness (QED) is 0.906. The SMILES string of the molecule is Cc1cc(C(C#N)NC2CCCCC2)ccc1Br. The first kappa shape index (κ1) is 13.6. The third kappa shape index (κ3) is 3.34. The molecule has 0 amide bonds. The number of hydrogen-bond donors (Lipinski definition) is 1. The molecule has 0 bridgehead atoms. The summed E-state index contributed by atoms with van der Waals surface area (Å²) in [6, 6.07) is 8.86. The van der Waals surface area contributed by atoms with Crippen LogP contribution in [0.15, 0.2) is 22.7 Å². The minimum absolute atomic E-state index is 0.181. The fraction of sp³-hybridized carbons (Fsp3) is 0.533. The highest BCUT2D eigenvalue weighted by molar-refractivity contribution is 9.10. The van der Waals surface area contributed by atoms with Crippen LogP contribution in [0.25, 0.3) is 0 Å². The molecule has 1 aromatic carbocycles. The molecule has 0 aliphatic heterocycles. The van der Waals surface area contributed by atoms with Crippen LogP contribution in [-0.4, -0.2) is 6.04 Å². The second-order valence-electron chi connectivity index (χ2n) is 5.07. The Hall–Kier alpha value is -0.850. The largest absolute Gasteiger partial charge is 0.295 e. The molecule has 0 saturated heterocycles. The van der Waals surface area contributed by atoms with Crippen LogP contribution in [-0.2, 0) is 0 Å². The predicted molar refractivity (Wildman–Crippen MR) is 77.2 cm³/mol. The van der Waals surface area contributed by atoms with Gasteiger partial charge in [-0.25, -0.2) is 0 Å². The molecule has 18 heavy (non-hydrogen) atoms. The monoisotopic (exact) mass is 306 g/mol. The molecule has 1 aliphatic rings. The Balaban J connectivity index is 2.07. The maximum Gasteiger partial charge on any atom is 0.121 e. The van der Waals surface area contributed by atoms with E-state index in [1.54, 1.807) is 0 Å². The van der Waals surface area contributed by atoms with Gasteiger partial charge in [-0.05, 0) is 37.0 Å². The average molecular weight is 307 g/mol. The van der Waals surface area contributed by atoms with E-state index < -0.39 is 0 Å². The number of halogens is 1. The summed E-state index contributed by atoms with van der Waals surface area (Å²) in [5.74, 6) is 0. The molecule has 3 heteroatoms. The normalized spacial score (nSPS) is 18.3. The molecule has 96 valence electrons. The Morgan fingerprint density at radius 3 is 2.67 bits per heavy atom. The molecular weight excluding hydrogens is 288 g/mol. The summed E-state index contributed by atoms with van der Waals surface area (Å²) < 4.78 is 1.10. The van der Waals surface area contributed by atoms with Crippen molar-refractivity contribution in [3.8, 4) is 6.07 Å². The van der Waals surface area contributed by atoms with Crippen LogP contribution in [0.2, 0.25) is 0 Å². The van der Waals surface area contributed by atoms with E-state index in [-0.39, 0.29) is 6.04 Å². The zero-order valence-electron chi connectivity index (χ0n) is 10.7. The third-order valence-corrected chi connectivity index (χ3v) is 4.54. The third-order valence-electron chi connectivity index (χ3n) is 3.65. The Bertz CT molecular complexity index is 444. The lowest BCUT2D eigenvalue weighted by Gasteiger charge is -2.25. The highest BCUT2D eigenvalue weighted by Gasteiger charge is 2.19. The molecule has 1 fully saturated rings. The van der Waals surface area contributed by atoms with Gasteiger partial charge in [-0.15, -0.1) is 0 Å². The van der Waals surface area contributed by atoms with Gasteiger partial charge in [-0.2, -0.15) is 5.26 Å². The summed E-state index contributed by atoms with van der Waals surface area (Å²) in [7, 11) is 0. The van der Waals surface area contributed by atoms with Crippen molar-refractivity contribution in [1.29, 1.82) is 5.26 Å². The van der Waals surface area contributed by atoms with Crippen molar-refractivity contribution in [3.05, 3.63) is 33.8 Å². The van der Waals surface area contributed by atoms with E-state index in [9.17, 15) is 5.26 Å². The fourth-order valence-electron chi connectivity index (χ4n) is 2.56. The first-order chi connectivity index (χ1) is 8.70. The van der Waals surface area contributed by atoms with Crippen LogP contribution in [0.5, 0.6) is 0 Å². The van der Waals surface area contributed by atoms with E-state index in [0.717, 1.165) is 10.0 Å². The number of benzene rings is 1. The number of hydrogen-bond acceptors (Lipinski definition) is 2. The molecule has 1 saturated carbocycles. The van der Waals surface area contributed by atoms with Crippen LogP contribution >= 0.6 is 15.9 Å². The summed E-state index contributed by atoms with van der Waals surface area (Å²) in [6.45, 7) is 2.06. The maximum atomic E-state index is 9.35. The number of rotatable bonds is 3. The minimum atomic E-state index is -0.181. The maximum absolute atomic E-state index is 9.35. The number of nitrogens with one attached hydrogen (secondary N) is 1. The molecule has 0 heterocycles. The molecule has 2 nitrogen and oxygen atoms in total. The molecule has 0 radical (unpaired) electrons. The second kappa shape index (κ2) is 6.36. The lowest BCUT2D eigenvalue weighted by Crippen LogP contribution is -2.33. The molecule has 0 spiro atoms. The van der Waals surface area contributed by atoms with Gasteiger partial charge in [0.1, 0.15) is 6.04 Å². The Morgan fingerprint density at radius 2 is 2.06 bits per heavy atom. The van der Waals surface area contributed by atoms with Gasteiger partial charge in [-0.1, -0.05) is 47.3 Å². The summed E-state index contributed by atoms with van der Waals surface area (Å²) in [5, 5.41) is 12.8. The lowest BCUT2D eigenvalue weighted by molar-refractivity contribution is 0.360. The van der Waals surface area contributed by atoms with Gasteiger partial charge in [-0.3, -0.25) is 5.32 Å². The summed E-state index contributed by atoms with van der Waals surface area (Å²) in [6.07, 6.45) is 6.32. The molecular formula is C15H19BrN2. The topological polar surface area (TPSA) is 35.8 Å². The number of aryl methyl sites for hydroxylation is 1. The second-order valence-corrected chi connectivity index (χ2v) is 5.93. The average Bonchev–Trinajstić information content (AvgIpc) is 2.40. The van der Waals surface area contributed by atoms with E-state index in [2.05, 4.69) is 40.3 Å². The van der Waals surface area contributed by atoms with Crippen molar-refractivity contribution < 1.29 is 0 Å². The van der Waals surface area contributed by atoms with Crippen LogP contribution in [0.4, 0.5) is 0 Å². The fourth-order valence-corrected chi connectivity index (χ4v) is 2.81. The first-order valence-corrected chi connectivity index (χ1v) is 7.41. The van der Waals surface area contributed by atoms with Gasteiger partial charge in [0.2, 0.25) is 0 Å². The van der Waals surface area contributed by atoms with E-state index >= 15 is 0 Å². The van der Waals surface area contributed by atoms with E-state index in [4.69, 9.17) is 0 Å². The van der Waals surface area contributed by atoms with Crippen molar-refractivity contribution in [3.63, 3.8) is 0 Å². The van der Waals surface area contributed by atoms with Crippen LogP contribution in [0, 0.1) is 18.3 Å². The minimum Gasteiger partial charge on any atom is -0.295 e. The zero-order chi connectivity index (χ0) is 13.0. The summed E-state index contributed by atoms with van der Waals surface area (Å²) in [4.78, 5) is 0. The smallest absolute Gasteiger partial charge is 0.121 e. The molecule has 0 aromatic heterocycles. The Kier molecular flexibility index (Phi) is 4.79. The van der Waals surface area contributed by atoms with Crippen LogP contribution < -0.4 is 5.32 Å². The molecule has 1 aliphatic carbocycles. The van der Waals surface area contributed by atoms with Crippen LogP contribution in [0.1, 0.15) is 49.3 Å². The lowest BCUT2D eigenvalue weighted by atomic mass is 9.94. The first-order valence-electron chi connectivity index (χ1n) is 6.62. The summed E-state index contributed by atoms with van der Waals surface area (Å²) >= 11 is 3.50. The van der Waals surface area contributed by atoms with Gasteiger partial charge in [0.05, 0.1) is 6.07 Å². The molecule has 1 atom stereocenters. The van der Waals surface area contributed by atoms with Gasteiger partial charge < -0.3 is 0 Å². The Morgan fingerprint density at radius 1 is 1.33 bits per heavy atom. The number of nitrogens with zero attached hydrogens (tertiary/aromatic N) is 1. The van der Waals surface area contributed by atoms with Gasteiger partial charge in [0.15, 0.2) is 0 Å². The predicted octanol–water partition coefficient (Wildman–Crippen LogP) is 4.24. The zero-order valence-corrected chi connectivity index (χ0v) is 12.3. The molecule has 1 aromatic rings. The summed E-state index contributed by atoms with van der Waals surface area (Å²) in [5.41, 5.74) is 2.25. The molecule has 1 unspecified atom stereocenters. The van der Waals surface area contributed by atoms with Crippen molar-refractivity contribution >= 4 is 15.9 Å². The number of nitriles is 1. The standard InChI is InChI=1S/C15H19BrN2/c1-11-9-12(7-8-14(11)16)15(10-17)18-13-5-3-2-4-6-13/h7-9,13,15,18H,2-6H2,1H3. The van der Waals surface area contributed by atoms with Gasteiger partial charge >= 0.3 is 0 Å². The molecule has 2 rings (SSSR count). The van der Waals surface area contributed by atoms with Gasteiger partial charge in [0, 0.05) is 10.5 Å². The Labute approximate surface area is 118 Å². The molecule has 1 N–H and O–H groups in total. The highest BCUT2D eigenvalue weighted by Crippen LogP contribution is 2.24. The van der Waals surface area contributed by atoms with Crippen molar-refractivity contribution in [2.45, 2.75) is 51.1 Å².